The summed E-state index contributed by atoms with van der Waals surface area (Å²) >= 11 is 1.63. The Balaban J connectivity index is 0.00000578. The molecule has 8 heteroatoms. The van der Waals surface area contributed by atoms with Gasteiger partial charge >= 0.3 is 5.97 Å². The van der Waals surface area contributed by atoms with Crippen molar-refractivity contribution in [3.05, 3.63) is 53.1 Å². The minimum atomic E-state index is -0.934. The average molecular weight is 498 g/mol. The summed E-state index contributed by atoms with van der Waals surface area (Å²) in [4.78, 5) is 23.8. The van der Waals surface area contributed by atoms with Crippen LogP contribution in [0.3, 0.4) is 0 Å². The van der Waals surface area contributed by atoms with Gasteiger partial charge in [0.2, 0.25) is 0 Å². The number of phenolic OH excluding ortho intramolecular Hbond substituents is 1. The molecular weight excluding hydrogens is 463 g/mol. The molecule has 3 N–H and O–H groups in total. The van der Waals surface area contributed by atoms with Crippen molar-refractivity contribution in [3.8, 4) is 11.5 Å². The number of phenols is 1. The van der Waals surface area contributed by atoms with E-state index in [-0.39, 0.29) is 47.5 Å². The summed E-state index contributed by atoms with van der Waals surface area (Å²) < 4.78 is 5.91. The molecule has 2 rings (SSSR count). The first-order valence-corrected chi connectivity index (χ1v) is 12.2. The molecule has 0 aliphatic carbocycles. The van der Waals surface area contributed by atoms with Gasteiger partial charge in [-0.3, -0.25) is 9.59 Å². The van der Waals surface area contributed by atoms with E-state index in [1.165, 1.54) is 6.92 Å². The molecule has 2 aromatic rings. The van der Waals surface area contributed by atoms with Crippen molar-refractivity contribution < 1.29 is 29.6 Å². The number of ketones is 1. The number of benzene rings is 2. The molecule has 0 heterocycles. The molecule has 0 aliphatic rings. The molecule has 2 aromatic carbocycles. The zero-order chi connectivity index (χ0) is 24.6. The van der Waals surface area contributed by atoms with Crippen molar-refractivity contribution >= 4 is 53.1 Å². The Morgan fingerprint density at radius 3 is 2.50 bits per heavy atom. The number of hydrogen-bond donors (Lipinski definition) is 3. The summed E-state index contributed by atoms with van der Waals surface area (Å²) in [5.41, 5.74) is 0.911. The molecule has 0 amide bonds. The second-order valence-corrected chi connectivity index (χ2v) is 10.00. The van der Waals surface area contributed by atoms with Gasteiger partial charge in [0, 0.05) is 51.2 Å². The van der Waals surface area contributed by atoms with Crippen LogP contribution in [0.1, 0.15) is 74.5 Å². The van der Waals surface area contributed by atoms with Crippen molar-refractivity contribution in [2.45, 2.75) is 64.4 Å². The van der Waals surface area contributed by atoms with Gasteiger partial charge in [-0.2, -0.15) is 0 Å². The molecule has 1 atom stereocenters. The Labute approximate surface area is 228 Å². The summed E-state index contributed by atoms with van der Waals surface area (Å²) in [6.07, 6.45) is 1.23. The number of carbonyl (C=O) groups is 2. The van der Waals surface area contributed by atoms with Crippen molar-refractivity contribution in [1.29, 1.82) is 0 Å². The summed E-state index contributed by atoms with van der Waals surface area (Å²) in [6.45, 7) is 7.40. The van der Waals surface area contributed by atoms with E-state index < -0.39 is 17.5 Å². The molecule has 0 saturated heterocycles. The topological polar surface area (TPSA) is 104 Å². The normalized spacial score (nSPS) is 12.0. The number of carboxylic acids is 1. The fourth-order valence-corrected chi connectivity index (χ4v) is 4.56. The van der Waals surface area contributed by atoms with E-state index in [2.05, 4.69) is 0 Å². The molecule has 0 aromatic heterocycles. The molecule has 34 heavy (non-hydrogen) atoms. The first-order chi connectivity index (χ1) is 15.6. The molecule has 1 unspecified atom stereocenters. The van der Waals surface area contributed by atoms with E-state index in [1.807, 2.05) is 31.2 Å². The Morgan fingerprint density at radius 1 is 1.18 bits per heavy atom. The summed E-state index contributed by atoms with van der Waals surface area (Å²) in [6, 6.07) is 10.9. The van der Waals surface area contributed by atoms with Crippen LogP contribution in [0.4, 0.5) is 0 Å². The van der Waals surface area contributed by atoms with E-state index in [4.69, 9.17) is 9.84 Å². The van der Waals surface area contributed by atoms with Crippen LogP contribution in [-0.4, -0.2) is 69.0 Å². The van der Waals surface area contributed by atoms with Gasteiger partial charge in [0.15, 0.2) is 5.78 Å². The zero-order valence-corrected chi connectivity index (χ0v) is 23.6. The van der Waals surface area contributed by atoms with Crippen LogP contribution < -0.4 is 4.74 Å². The van der Waals surface area contributed by atoms with Crippen LogP contribution >= 0.6 is 11.8 Å². The van der Waals surface area contributed by atoms with Crippen molar-refractivity contribution in [2.24, 2.45) is 5.41 Å². The number of thioether (sulfide) groups is 1. The SMILES string of the molecule is CCCc1c(OCCCSc2cccc(C(O)C(C)(C)CC(=O)O)c2)ccc(C(C)=O)c1O.[Na]. The minimum Gasteiger partial charge on any atom is -0.507 e. The Kier molecular flexibility index (Phi) is 12.7. The van der Waals surface area contributed by atoms with Crippen LogP contribution in [0.5, 0.6) is 11.5 Å². The average Bonchev–Trinajstić information content (AvgIpc) is 2.74. The second-order valence-electron chi connectivity index (χ2n) is 8.83. The fraction of sp³-hybridized carbons (Fsp3) is 0.462. The molecular formula is C26H34NaO6S. The predicted molar refractivity (Wildman–Crippen MR) is 136 cm³/mol. The van der Waals surface area contributed by atoms with E-state index in [0.29, 0.717) is 35.5 Å². The van der Waals surface area contributed by atoms with Gasteiger partial charge in [-0.25, -0.2) is 0 Å². The maximum Gasteiger partial charge on any atom is 0.303 e. The number of carboxylic acid groups (broad SMARTS) is 1. The largest absolute Gasteiger partial charge is 0.507 e. The Bertz CT molecular complexity index is 976. The number of aliphatic carboxylic acids is 1. The third-order valence-electron chi connectivity index (χ3n) is 5.45. The number of ether oxygens (including phenoxy) is 1. The van der Waals surface area contributed by atoms with Crippen molar-refractivity contribution in [2.75, 3.05) is 12.4 Å². The van der Waals surface area contributed by atoms with Crippen molar-refractivity contribution in [3.63, 3.8) is 0 Å². The van der Waals surface area contributed by atoms with Crippen LogP contribution in [0.15, 0.2) is 41.3 Å². The monoisotopic (exact) mass is 497 g/mol. The molecule has 0 bridgehead atoms. The van der Waals surface area contributed by atoms with Gasteiger partial charge in [-0.05, 0) is 49.6 Å². The molecule has 1 radical (unpaired) electrons. The molecule has 0 spiro atoms. The second kappa shape index (κ2) is 14.1. The molecule has 6 nitrogen and oxygen atoms in total. The van der Waals surface area contributed by atoms with Gasteiger partial charge in [0.1, 0.15) is 11.5 Å². The first kappa shape index (κ1) is 30.5. The van der Waals surface area contributed by atoms with Crippen LogP contribution in [-0.2, 0) is 11.2 Å². The third-order valence-corrected chi connectivity index (χ3v) is 6.53. The van der Waals surface area contributed by atoms with Crippen LogP contribution in [0, 0.1) is 5.41 Å². The number of aliphatic hydroxyl groups is 1. The Morgan fingerprint density at radius 2 is 1.88 bits per heavy atom. The zero-order valence-electron chi connectivity index (χ0n) is 20.8. The van der Waals surface area contributed by atoms with E-state index in [9.17, 15) is 19.8 Å². The molecule has 0 aliphatic heterocycles. The van der Waals surface area contributed by atoms with Gasteiger partial charge in [-0.1, -0.05) is 39.3 Å². The number of aromatic hydroxyl groups is 1. The molecule has 0 saturated carbocycles. The van der Waals surface area contributed by atoms with Crippen LogP contribution in [0.2, 0.25) is 0 Å². The summed E-state index contributed by atoms with van der Waals surface area (Å²) in [5.74, 6) is 0.300. The van der Waals surface area contributed by atoms with Crippen LogP contribution in [0.25, 0.3) is 0 Å². The quantitative estimate of drug-likeness (QED) is 0.150. The standard InChI is InChI=1S/C26H34O6S.Na/c1-5-8-21-22(12-11-20(17(2)27)24(21)30)32-13-7-14-33-19-10-6-9-18(15-19)25(31)26(3,4)16-23(28)29;/h6,9-12,15,25,30-31H,5,7-8,13-14,16H2,1-4H3,(H,28,29);. The number of hydrogen-bond acceptors (Lipinski definition) is 6. The summed E-state index contributed by atoms with van der Waals surface area (Å²) in [7, 11) is 0. The number of Topliss-reactive ketones (excluding diaryl/α,β-unsaturated/α-hetero) is 1. The smallest absolute Gasteiger partial charge is 0.303 e. The van der Waals surface area contributed by atoms with E-state index in [0.717, 1.165) is 23.5 Å². The van der Waals surface area contributed by atoms with Gasteiger partial charge in [0.05, 0.1) is 24.7 Å². The number of carbonyl (C=O) groups excluding carboxylic acids is 1. The molecule has 181 valence electrons. The van der Waals surface area contributed by atoms with Gasteiger partial charge in [0.25, 0.3) is 0 Å². The van der Waals surface area contributed by atoms with Gasteiger partial charge in [-0.15, -0.1) is 11.8 Å². The maximum absolute atomic E-state index is 11.7. The van der Waals surface area contributed by atoms with E-state index in [1.54, 1.807) is 37.7 Å². The Hall–Kier alpha value is -1.51. The van der Waals surface area contributed by atoms with E-state index >= 15 is 0 Å². The maximum atomic E-state index is 11.7. The number of rotatable bonds is 13. The third kappa shape index (κ3) is 8.61. The minimum absolute atomic E-state index is 0. The number of aliphatic hydroxyl groups excluding tert-OH is 1. The fourth-order valence-electron chi connectivity index (χ4n) is 3.67. The summed E-state index contributed by atoms with van der Waals surface area (Å²) in [5, 5.41) is 30.2. The predicted octanol–water partition coefficient (Wildman–Crippen LogP) is 5.26. The molecule has 0 fully saturated rings. The first-order valence-electron chi connectivity index (χ1n) is 11.2. The van der Waals surface area contributed by atoms with Gasteiger partial charge < -0.3 is 20.1 Å². The van der Waals surface area contributed by atoms with Crippen molar-refractivity contribution in [1.82, 2.24) is 0 Å².